The van der Waals surface area contributed by atoms with Crippen molar-refractivity contribution in [1.29, 1.82) is 0 Å². The van der Waals surface area contributed by atoms with E-state index in [2.05, 4.69) is 30.2 Å². The van der Waals surface area contributed by atoms with Crippen LogP contribution in [0.15, 0.2) is 11.4 Å². The van der Waals surface area contributed by atoms with Gasteiger partial charge in [-0.1, -0.05) is 26.7 Å². The number of fused-ring (bicyclic) bond motifs is 1. The molecule has 0 N–H and O–H groups in total. The quantitative estimate of drug-likeness (QED) is 0.732. The number of amides is 1. The van der Waals surface area contributed by atoms with Crippen LogP contribution in [0.4, 0.5) is 0 Å². The van der Waals surface area contributed by atoms with Crippen LogP contribution in [-0.4, -0.2) is 17.4 Å². The maximum absolute atomic E-state index is 12.3. The first kappa shape index (κ1) is 13.6. The molecule has 0 radical (unpaired) electrons. The smallest absolute Gasteiger partial charge is 0.223 e. The van der Waals surface area contributed by atoms with Crippen LogP contribution < -0.4 is 0 Å². The highest BCUT2D eigenvalue weighted by molar-refractivity contribution is 7.10. The zero-order valence-corrected chi connectivity index (χ0v) is 12.3. The van der Waals surface area contributed by atoms with Gasteiger partial charge < -0.3 is 4.90 Å². The highest BCUT2D eigenvalue weighted by Gasteiger charge is 2.29. The molecule has 1 aliphatic heterocycles. The van der Waals surface area contributed by atoms with Crippen LogP contribution >= 0.6 is 11.3 Å². The number of carbonyl (C=O) groups excluding carboxylic acids is 1. The zero-order chi connectivity index (χ0) is 13.0. The molecule has 0 bridgehead atoms. The van der Waals surface area contributed by atoms with Gasteiger partial charge in [0.1, 0.15) is 0 Å². The SMILES string of the molecule is CCCCCC(=O)N1CCc2sccc2C1CC. The molecular formula is C15H23NOS. The Morgan fingerprint density at radius 1 is 1.44 bits per heavy atom. The lowest BCUT2D eigenvalue weighted by Crippen LogP contribution is -2.39. The molecule has 2 rings (SSSR count). The van der Waals surface area contributed by atoms with Gasteiger partial charge in [0.15, 0.2) is 0 Å². The molecule has 2 heterocycles. The third-order valence-electron chi connectivity index (χ3n) is 3.80. The number of rotatable bonds is 5. The second-order valence-corrected chi connectivity index (χ2v) is 6.02. The predicted molar refractivity (Wildman–Crippen MR) is 76.9 cm³/mol. The van der Waals surface area contributed by atoms with Crippen LogP contribution in [0.2, 0.25) is 0 Å². The lowest BCUT2D eigenvalue weighted by molar-refractivity contribution is -0.134. The minimum atomic E-state index is 0.328. The average Bonchev–Trinajstić information content (AvgIpc) is 2.85. The molecule has 0 aliphatic carbocycles. The van der Waals surface area contributed by atoms with E-state index in [9.17, 15) is 4.79 Å². The fourth-order valence-corrected chi connectivity index (χ4v) is 3.73. The van der Waals surface area contributed by atoms with Crippen molar-refractivity contribution in [2.75, 3.05) is 6.54 Å². The monoisotopic (exact) mass is 265 g/mol. The Morgan fingerprint density at radius 2 is 2.28 bits per heavy atom. The molecule has 0 aromatic carbocycles. The van der Waals surface area contributed by atoms with Crippen molar-refractivity contribution in [2.24, 2.45) is 0 Å². The Balaban J connectivity index is 2.03. The van der Waals surface area contributed by atoms with Crippen LogP contribution in [0.25, 0.3) is 0 Å². The Morgan fingerprint density at radius 3 is 3.00 bits per heavy atom. The number of nitrogens with zero attached hydrogens (tertiary/aromatic N) is 1. The summed E-state index contributed by atoms with van der Waals surface area (Å²) in [5, 5.41) is 2.17. The predicted octanol–water partition coefficient (Wildman–Crippen LogP) is 4.16. The minimum absolute atomic E-state index is 0.328. The van der Waals surface area contributed by atoms with E-state index in [0.717, 1.165) is 32.2 Å². The fraction of sp³-hybridized carbons (Fsp3) is 0.667. The Hall–Kier alpha value is -0.830. The number of carbonyl (C=O) groups is 1. The summed E-state index contributed by atoms with van der Waals surface area (Å²) in [7, 11) is 0. The van der Waals surface area contributed by atoms with Crippen LogP contribution in [0.1, 0.15) is 62.4 Å². The van der Waals surface area contributed by atoms with Gasteiger partial charge in [0, 0.05) is 17.8 Å². The highest BCUT2D eigenvalue weighted by Crippen LogP contribution is 2.35. The third kappa shape index (κ3) is 2.77. The highest BCUT2D eigenvalue weighted by atomic mass is 32.1. The summed E-state index contributed by atoms with van der Waals surface area (Å²) in [6.07, 6.45) is 6.19. The summed E-state index contributed by atoms with van der Waals surface area (Å²) in [4.78, 5) is 15.9. The van der Waals surface area contributed by atoms with Gasteiger partial charge in [-0.2, -0.15) is 0 Å². The van der Waals surface area contributed by atoms with E-state index in [0.29, 0.717) is 11.9 Å². The molecule has 0 fully saturated rings. The van der Waals surface area contributed by atoms with Gasteiger partial charge in [0.05, 0.1) is 6.04 Å². The van der Waals surface area contributed by atoms with E-state index in [1.54, 1.807) is 0 Å². The second-order valence-electron chi connectivity index (χ2n) is 5.02. The minimum Gasteiger partial charge on any atom is -0.335 e. The van der Waals surface area contributed by atoms with Gasteiger partial charge in [0.25, 0.3) is 0 Å². The standard InChI is InChI=1S/C15H23NOS/c1-3-5-6-7-15(17)16-10-8-14-12(9-11-18-14)13(16)4-2/h9,11,13H,3-8,10H2,1-2H3. The largest absolute Gasteiger partial charge is 0.335 e. The lowest BCUT2D eigenvalue weighted by Gasteiger charge is -2.35. The van der Waals surface area contributed by atoms with Gasteiger partial charge in [0.2, 0.25) is 5.91 Å². The van der Waals surface area contributed by atoms with Crippen LogP contribution in [0.5, 0.6) is 0 Å². The molecule has 0 saturated heterocycles. The molecule has 1 aliphatic rings. The topological polar surface area (TPSA) is 20.3 Å². The van der Waals surface area contributed by atoms with E-state index in [1.807, 2.05) is 11.3 Å². The summed E-state index contributed by atoms with van der Waals surface area (Å²) in [5.74, 6) is 0.354. The van der Waals surface area contributed by atoms with E-state index in [1.165, 1.54) is 23.3 Å². The van der Waals surface area contributed by atoms with Gasteiger partial charge in [-0.25, -0.2) is 0 Å². The lowest BCUT2D eigenvalue weighted by atomic mass is 9.97. The summed E-state index contributed by atoms with van der Waals surface area (Å²) < 4.78 is 0. The van der Waals surface area contributed by atoms with E-state index in [4.69, 9.17) is 0 Å². The molecule has 2 nitrogen and oxygen atoms in total. The molecule has 1 aromatic heterocycles. The summed E-state index contributed by atoms with van der Waals surface area (Å²) in [6, 6.07) is 2.54. The van der Waals surface area contributed by atoms with E-state index < -0.39 is 0 Å². The van der Waals surface area contributed by atoms with Crippen LogP contribution in [0.3, 0.4) is 0 Å². The first-order chi connectivity index (χ1) is 8.77. The van der Waals surface area contributed by atoms with Gasteiger partial charge in [-0.15, -0.1) is 11.3 Å². The van der Waals surface area contributed by atoms with Crippen molar-refractivity contribution < 1.29 is 4.79 Å². The Bertz CT molecular complexity index is 399. The Kier molecular flexibility index (Phi) is 4.81. The number of thiophene rings is 1. The first-order valence-corrected chi connectivity index (χ1v) is 8.01. The fourth-order valence-electron chi connectivity index (χ4n) is 2.80. The van der Waals surface area contributed by atoms with Gasteiger partial charge >= 0.3 is 0 Å². The molecule has 3 heteroatoms. The zero-order valence-electron chi connectivity index (χ0n) is 11.4. The molecule has 100 valence electrons. The summed E-state index contributed by atoms with van der Waals surface area (Å²) in [5.41, 5.74) is 1.40. The van der Waals surface area contributed by atoms with Crippen molar-refractivity contribution in [2.45, 2.75) is 58.4 Å². The van der Waals surface area contributed by atoms with Crippen molar-refractivity contribution in [3.05, 3.63) is 21.9 Å². The molecule has 1 aromatic rings. The molecule has 18 heavy (non-hydrogen) atoms. The van der Waals surface area contributed by atoms with E-state index >= 15 is 0 Å². The number of unbranched alkanes of at least 4 members (excludes halogenated alkanes) is 2. The maximum Gasteiger partial charge on any atom is 0.223 e. The molecule has 0 spiro atoms. The number of hydrogen-bond donors (Lipinski definition) is 0. The Labute approximate surface area is 114 Å². The normalized spacial score (nSPS) is 18.8. The van der Waals surface area contributed by atoms with Gasteiger partial charge in [-0.3, -0.25) is 4.79 Å². The van der Waals surface area contributed by atoms with Crippen molar-refractivity contribution >= 4 is 17.2 Å². The molecule has 1 unspecified atom stereocenters. The van der Waals surface area contributed by atoms with Gasteiger partial charge in [-0.05, 0) is 36.3 Å². The third-order valence-corrected chi connectivity index (χ3v) is 4.79. The van der Waals surface area contributed by atoms with Crippen LogP contribution in [0, 0.1) is 0 Å². The second kappa shape index (κ2) is 6.37. The maximum atomic E-state index is 12.3. The van der Waals surface area contributed by atoms with E-state index in [-0.39, 0.29) is 0 Å². The number of hydrogen-bond acceptors (Lipinski definition) is 2. The summed E-state index contributed by atoms with van der Waals surface area (Å²) >= 11 is 1.84. The first-order valence-electron chi connectivity index (χ1n) is 7.13. The molecule has 0 saturated carbocycles. The molecular weight excluding hydrogens is 242 g/mol. The summed E-state index contributed by atoms with van der Waals surface area (Å²) in [6.45, 7) is 5.28. The van der Waals surface area contributed by atoms with Crippen LogP contribution in [-0.2, 0) is 11.2 Å². The van der Waals surface area contributed by atoms with Crippen molar-refractivity contribution in [1.82, 2.24) is 4.90 Å². The molecule has 1 atom stereocenters. The average molecular weight is 265 g/mol. The van der Waals surface area contributed by atoms with Crippen molar-refractivity contribution in [3.63, 3.8) is 0 Å². The molecule has 1 amide bonds. The van der Waals surface area contributed by atoms with Crippen molar-refractivity contribution in [3.8, 4) is 0 Å².